The third-order valence-corrected chi connectivity index (χ3v) is 10.5. The average Bonchev–Trinajstić information content (AvgIpc) is 3.00. The third-order valence-electron chi connectivity index (χ3n) is 10.5. The molecule has 0 unspecified atom stereocenters. The Bertz CT molecular complexity index is 659. The second-order valence-electron chi connectivity index (χ2n) is 12.5. The molecule has 0 saturated heterocycles. The molecule has 1 heteroatoms. The SMILES string of the molecule is CC(C)CCC[C@@H](C)[C@H]1CC[C@H]2[C@@H]3CCC4=CC(=O)[C@@H](C)C[C@]4(C)[C@H]3CC[C@]12C. The molecule has 0 aromatic carbocycles. The lowest BCUT2D eigenvalue weighted by Gasteiger charge is -2.59. The first-order valence-corrected chi connectivity index (χ1v) is 12.9. The van der Waals surface area contributed by atoms with E-state index in [0.29, 0.717) is 16.6 Å². The van der Waals surface area contributed by atoms with Gasteiger partial charge in [0.2, 0.25) is 0 Å². The van der Waals surface area contributed by atoms with Gasteiger partial charge in [0.05, 0.1) is 0 Å². The van der Waals surface area contributed by atoms with Crippen molar-refractivity contribution in [3.8, 4) is 0 Å². The van der Waals surface area contributed by atoms with Crippen LogP contribution in [0.5, 0.6) is 0 Å². The molecule has 4 rings (SSSR count). The van der Waals surface area contributed by atoms with Gasteiger partial charge < -0.3 is 0 Å². The maximum atomic E-state index is 12.4. The molecule has 0 amide bonds. The largest absolute Gasteiger partial charge is 0.295 e. The highest BCUT2D eigenvalue weighted by atomic mass is 16.1. The van der Waals surface area contributed by atoms with Crippen LogP contribution in [0, 0.1) is 52.3 Å². The summed E-state index contributed by atoms with van der Waals surface area (Å²) < 4.78 is 0. The fraction of sp³-hybridized carbons (Fsp3) is 0.893. The summed E-state index contributed by atoms with van der Waals surface area (Å²) in [5.74, 6) is 5.97. The summed E-state index contributed by atoms with van der Waals surface area (Å²) in [6.45, 7) is 14.7. The number of ketones is 1. The molecule has 0 aromatic heterocycles. The molecule has 0 heterocycles. The van der Waals surface area contributed by atoms with Gasteiger partial charge in [0.1, 0.15) is 0 Å². The van der Waals surface area contributed by atoms with Crippen molar-refractivity contribution in [1.82, 2.24) is 0 Å². The van der Waals surface area contributed by atoms with Crippen LogP contribution in [-0.2, 0) is 4.79 Å². The highest BCUT2D eigenvalue weighted by molar-refractivity contribution is 5.93. The van der Waals surface area contributed by atoms with Crippen LogP contribution in [0.15, 0.2) is 11.6 Å². The molecule has 3 fully saturated rings. The number of rotatable bonds is 5. The third kappa shape index (κ3) is 3.57. The zero-order chi connectivity index (χ0) is 21.0. The Kier molecular flexibility index (Phi) is 5.84. The molecule has 29 heavy (non-hydrogen) atoms. The second kappa shape index (κ2) is 7.83. The minimum Gasteiger partial charge on any atom is -0.295 e. The molecule has 1 nitrogen and oxygen atoms in total. The highest BCUT2D eigenvalue weighted by Crippen LogP contribution is 2.67. The minimum atomic E-state index is 0.230. The zero-order valence-corrected chi connectivity index (χ0v) is 20.1. The maximum absolute atomic E-state index is 12.4. The van der Waals surface area contributed by atoms with E-state index >= 15 is 0 Å². The molecule has 0 aromatic rings. The van der Waals surface area contributed by atoms with E-state index in [1.54, 1.807) is 0 Å². The standard InChI is InChI=1S/C28H46O/c1-18(2)8-7-9-19(3)23-12-13-24-22-11-10-21-16-26(29)20(4)17-28(21,6)25(22)14-15-27(23,24)5/h16,18-20,22-25H,7-15,17H2,1-6H3/t19-,20+,22+,23-,24+,25+,27-,28+/m1/s1. The monoisotopic (exact) mass is 398 g/mol. The summed E-state index contributed by atoms with van der Waals surface area (Å²) in [6, 6.07) is 0. The van der Waals surface area contributed by atoms with Gasteiger partial charge in [-0.15, -0.1) is 0 Å². The van der Waals surface area contributed by atoms with E-state index in [-0.39, 0.29) is 5.92 Å². The molecule has 0 radical (unpaired) electrons. The lowest BCUT2D eigenvalue weighted by molar-refractivity contribution is -0.122. The lowest BCUT2D eigenvalue weighted by Crippen LogP contribution is -2.51. The van der Waals surface area contributed by atoms with Gasteiger partial charge in [-0.2, -0.15) is 0 Å². The molecule has 164 valence electrons. The number of hydrogen-bond donors (Lipinski definition) is 0. The summed E-state index contributed by atoms with van der Waals surface area (Å²) in [4.78, 5) is 12.4. The fourth-order valence-electron chi connectivity index (χ4n) is 8.92. The Hall–Kier alpha value is -0.590. The van der Waals surface area contributed by atoms with Gasteiger partial charge in [-0.25, -0.2) is 0 Å². The van der Waals surface area contributed by atoms with E-state index in [1.807, 2.05) is 0 Å². The van der Waals surface area contributed by atoms with E-state index in [2.05, 4.69) is 47.6 Å². The van der Waals surface area contributed by atoms with Crippen LogP contribution < -0.4 is 0 Å². The fourth-order valence-corrected chi connectivity index (χ4v) is 8.92. The topological polar surface area (TPSA) is 17.1 Å². The molecule has 4 aliphatic rings. The van der Waals surface area contributed by atoms with E-state index in [1.165, 1.54) is 63.4 Å². The predicted molar refractivity (Wildman–Crippen MR) is 123 cm³/mol. The predicted octanol–water partition coefficient (Wildman–Crippen LogP) is 7.84. The number of allylic oxidation sites excluding steroid dienone is 1. The van der Waals surface area contributed by atoms with Crippen molar-refractivity contribution < 1.29 is 4.79 Å². The molecule has 0 bridgehead atoms. The number of carbonyl (C=O) groups is 1. The number of hydrogen-bond acceptors (Lipinski definition) is 1. The van der Waals surface area contributed by atoms with Crippen LogP contribution in [0.2, 0.25) is 0 Å². The summed E-state index contributed by atoms with van der Waals surface area (Å²) >= 11 is 0. The zero-order valence-electron chi connectivity index (χ0n) is 20.1. The van der Waals surface area contributed by atoms with Gasteiger partial charge in [0, 0.05) is 5.92 Å². The van der Waals surface area contributed by atoms with Crippen LogP contribution in [0.3, 0.4) is 0 Å². The van der Waals surface area contributed by atoms with E-state index in [0.717, 1.165) is 41.9 Å². The van der Waals surface area contributed by atoms with Crippen LogP contribution in [0.25, 0.3) is 0 Å². The molecule has 0 spiro atoms. The first-order valence-electron chi connectivity index (χ1n) is 12.9. The van der Waals surface area contributed by atoms with Crippen LogP contribution >= 0.6 is 0 Å². The maximum Gasteiger partial charge on any atom is 0.158 e. The van der Waals surface area contributed by atoms with Crippen LogP contribution in [0.4, 0.5) is 0 Å². The van der Waals surface area contributed by atoms with Crippen molar-refractivity contribution in [3.63, 3.8) is 0 Å². The van der Waals surface area contributed by atoms with E-state index < -0.39 is 0 Å². The van der Waals surface area contributed by atoms with E-state index in [4.69, 9.17) is 0 Å². The van der Waals surface area contributed by atoms with Crippen molar-refractivity contribution >= 4 is 5.78 Å². The van der Waals surface area contributed by atoms with Gasteiger partial charge in [0.15, 0.2) is 5.78 Å². The van der Waals surface area contributed by atoms with Crippen LogP contribution in [-0.4, -0.2) is 5.78 Å². The molecule has 4 aliphatic carbocycles. The Morgan fingerprint density at radius 3 is 2.52 bits per heavy atom. The number of carbonyl (C=O) groups excluding carboxylic acids is 1. The first kappa shape index (κ1) is 21.6. The number of fused-ring (bicyclic) bond motifs is 5. The summed E-state index contributed by atoms with van der Waals surface area (Å²) in [5.41, 5.74) is 2.40. The van der Waals surface area contributed by atoms with Gasteiger partial charge in [-0.1, -0.05) is 66.4 Å². The van der Waals surface area contributed by atoms with Gasteiger partial charge in [0.25, 0.3) is 0 Å². The lowest BCUT2D eigenvalue weighted by atomic mass is 9.46. The second-order valence-corrected chi connectivity index (χ2v) is 12.5. The Labute approximate surface area is 180 Å². The quantitative estimate of drug-likeness (QED) is 0.461. The Morgan fingerprint density at radius 2 is 1.79 bits per heavy atom. The average molecular weight is 399 g/mol. The van der Waals surface area contributed by atoms with Crippen molar-refractivity contribution in [3.05, 3.63) is 11.6 Å². The smallest absolute Gasteiger partial charge is 0.158 e. The Morgan fingerprint density at radius 1 is 1.03 bits per heavy atom. The normalized spacial score (nSPS) is 45.4. The van der Waals surface area contributed by atoms with Gasteiger partial charge >= 0.3 is 0 Å². The molecule has 8 atom stereocenters. The van der Waals surface area contributed by atoms with Gasteiger partial charge in [-0.3, -0.25) is 4.79 Å². The molecule has 0 aliphatic heterocycles. The highest BCUT2D eigenvalue weighted by Gasteiger charge is 2.59. The van der Waals surface area contributed by atoms with E-state index in [9.17, 15) is 4.79 Å². The summed E-state index contributed by atoms with van der Waals surface area (Å²) in [6.07, 6.45) is 15.8. The van der Waals surface area contributed by atoms with Crippen molar-refractivity contribution in [2.45, 2.75) is 106 Å². The van der Waals surface area contributed by atoms with Gasteiger partial charge in [-0.05, 0) is 97.4 Å². The summed E-state index contributed by atoms with van der Waals surface area (Å²) in [5, 5.41) is 0. The summed E-state index contributed by atoms with van der Waals surface area (Å²) in [7, 11) is 0. The van der Waals surface area contributed by atoms with Crippen molar-refractivity contribution in [1.29, 1.82) is 0 Å². The van der Waals surface area contributed by atoms with Crippen LogP contribution in [0.1, 0.15) is 106 Å². The molecular formula is C28H46O. The molecular weight excluding hydrogens is 352 g/mol. The molecule has 0 N–H and O–H groups in total. The Balaban J connectivity index is 1.51. The first-order chi connectivity index (χ1) is 13.7. The molecule has 3 saturated carbocycles. The van der Waals surface area contributed by atoms with Crippen molar-refractivity contribution in [2.24, 2.45) is 52.3 Å². The minimum absolute atomic E-state index is 0.230. The van der Waals surface area contributed by atoms with Crippen molar-refractivity contribution in [2.75, 3.05) is 0 Å².